The van der Waals surface area contributed by atoms with Gasteiger partial charge in [0.15, 0.2) is 0 Å². The molecule has 0 amide bonds. The quantitative estimate of drug-likeness (QED) is 0.753. The maximum Gasteiger partial charge on any atom is 0.226 e. The van der Waals surface area contributed by atoms with Gasteiger partial charge in [0.05, 0.1) is 12.7 Å². The largest absolute Gasteiger partial charge is 0.367 e. The molecule has 0 aliphatic carbocycles. The van der Waals surface area contributed by atoms with E-state index in [9.17, 15) is 0 Å². The van der Waals surface area contributed by atoms with Crippen molar-refractivity contribution < 1.29 is 9.26 Å². The lowest BCUT2D eigenvalue weighted by molar-refractivity contribution is -0.0450. The van der Waals surface area contributed by atoms with Gasteiger partial charge >= 0.3 is 0 Å². The Kier molecular flexibility index (Phi) is 4.88. The van der Waals surface area contributed by atoms with Crippen LogP contribution in [0.2, 0.25) is 0 Å². The predicted molar refractivity (Wildman–Crippen MR) is 68.3 cm³/mol. The maximum atomic E-state index is 8.49. The molecule has 104 valence electrons. The summed E-state index contributed by atoms with van der Waals surface area (Å²) in [5.41, 5.74) is 0. The number of aryl methyl sites for hydroxylation is 1. The van der Waals surface area contributed by atoms with E-state index in [1.165, 1.54) is 0 Å². The van der Waals surface area contributed by atoms with Crippen LogP contribution in [0.4, 0.5) is 0 Å². The molecular weight excluding hydrogens is 244 g/mol. The molecule has 1 aromatic rings. The Hall–Kier alpha value is -1.45. The van der Waals surface area contributed by atoms with Gasteiger partial charge in [-0.3, -0.25) is 4.90 Å². The fourth-order valence-corrected chi connectivity index (χ4v) is 2.11. The molecule has 2 heterocycles. The third kappa shape index (κ3) is 3.75. The Labute approximate surface area is 113 Å². The normalized spacial score (nSPS) is 20.6. The lowest BCUT2D eigenvalue weighted by atomic mass is 10.2. The van der Waals surface area contributed by atoms with Crippen molar-refractivity contribution in [2.24, 2.45) is 0 Å². The number of unbranched alkanes of at least 4 members (excludes halogenated alkanes) is 1. The molecule has 0 spiro atoms. The minimum atomic E-state index is -0.107. The number of nitrogens with zero attached hydrogens (tertiary/aromatic N) is 4. The van der Waals surface area contributed by atoms with E-state index in [0.717, 1.165) is 19.5 Å². The van der Waals surface area contributed by atoms with E-state index in [-0.39, 0.29) is 6.10 Å². The number of aromatic nitrogens is 2. The van der Waals surface area contributed by atoms with Crippen LogP contribution in [-0.4, -0.2) is 40.8 Å². The van der Waals surface area contributed by atoms with E-state index in [1.807, 2.05) is 0 Å². The summed E-state index contributed by atoms with van der Waals surface area (Å²) in [4.78, 5) is 6.71. The van der Waals surface area contributed by atoms with Crippen LogP contribution < -0.4 is 0 Å². The average Bonchev–Trinajstić information content (AvgIpc) is 2.88. The molecule has 0 saturated carbocycles. The van der Waals surface area contributed by atoms with Crippen LogP contribution in [0.5, 0.6) is 0 Å². The van der Waals surface area contributed by atoms with E-state index >= 15 is 0 Å². The van der Waals surface area contributed by atoms with Gasteiger partial charge in [0, 0.05) is 32.0 Å². The minimum Gasteiger partial charge on any atom is -0.367 e. The Balaban J connectivity index is 1.92. The highest BCUT2D eigenvalue weighted by molar-refractivity contribution is 4.95. The number of rotatable bonds is 5. The lowest BCUT2D eigenvalue weighted by Crippen LogP contribution is -2.42. The molecule has 1 saturated heterocycles. The first-order valence-electron chi connectivity index (χ1n) is 6.75. The van der Waals surface area contributed by atoms with Crippen molar-refractivity contribution in [1.82, 2.24) is 15.0 Å². The van der Waals surface area contributed by atoms with Crippen LogP contribution in [0.25, 0.3) is 0 Å². The molecule has 0 aromatic carbocycles. The SMILES string of the molecule is CC(C)N1CCOC(c2noc(CCCC#N)n2)C1. The second-order valence-corrected chi connectivity index (χ2v) is 5.01. The Morgan fingerprint density at radius 1 is 1.53 bits per heavy atom. The summed E-state index contributed by atoms with van der Waals surface area (Å²) in [7, 11) is 0. The van der Waals surface area contributed by atoms with Crippen molar-refractivity contribution >= 4 is 0 Å². The molecule has 1 fully saturated rings. The predicted octanol–water partition coefficient (Wildman–Crippen LogP) is 1.70. The van der Waals surface area contributed by atoms with Crippen molar-refractivity contribution in [2.75, 3.05) is 19.7 Å². The molecule has 1 unspecified atom stereocenters. The number of nitriles is 1. The highest BCUT2D eigenvalue weighted by Gasteiger charge is 2.27. The van der Waals surface area contributed by atoms with E-state index in [1.54, 1.807) is 0 Å². The summed E-state index contributed by atoms with van der Waals surface area (Å²) in [6, 6.07) is 2.60. The van der Waals surface area contributed by atoms with Crippen LogP contribution in [0.1, 0.15) is 44.5 Å². The smallest absolute Gasteiger partial charge is 0.226 e. The second kappa shape index (κ2) is 6.64. The van der Waals surface area contributed by atoms with Crippen molar-refractivity contribution in [3.05, 3.63) is 11.7 Å². The molecule has 6 heteroatoms. The highest BCUT2D eigenvalue weighted by atomic mass is 16.5. The minimum absolute atomic E-state index is 0.107. The zero-order valence-electron chi connectivity index (χ0n) is 11.5. The van der Waals surface area contributed by atoms with Crippen molar-refractivity contribution in [3.8, 4) is 6.07 Å². The molecule has 6 nitrogen and oxygen atoms in total. The van der Waals surface area contributed by atoms with Gasteiger partial charge in [-0.05, 0) is 20.3 Å². The summed E-state index contributed by atoms with van der Waals surface area (Å²) in [6.07, 6.45) is 1.81. The van der Waals surface area contributed by atoms with E-state index in [2.05, 4.69) is 35.0 Å². The molecule has 0 bridgehead atoms. The Morgan fingerprint density at radius 3 is 3.11 bits per heavy atom. The third-order valence-corrected chi connectivity index (χ3v) is 3.28. The molecule has 1 aliphatic rings. The number of ether oxygens (including phenoxy) is 1. The van der Waals surface area contributed by atoms with Crippen LogP contribution >= 0.6 is 0 Å². The summed E-state index contributed by atoms with van der Waals surface area (Å²) in [6.45, 7) is 6.79. The van der Waals surface area contributed by atoms with Gasteiger partial charge in [-0.1, -0.05) is 5.16 Å². The van der Waals surface area contributed by atoms with Gasteiger partial charge in [-0.2, -0.15) is 10.2 Å². The van der Waals surface area contributed by atoms with E-state index in [0.29, 0.717) is 37.2 Å². The number of hydrogen-bond donors (Lipinski definition) is 0. The average molecular weight is 264 g/mol. The van der Waals surface area contributed by atoms with Gasteiger partial charge < -0.3 is 9.26 Å². The zero-order valence-corrected chi connectivity index (χ0v) is 11.5. The first-order chi connectivity index (χ1) is 9.20. The van der Waals surface area contributed by atoms with Crippen molar-refractivity contribution in [2.45, 2.75) is 45.3 Å². The molecule has 1 atom stereocenters. The van der Waals surface area contributed by atoms with E-state index in [4.69, 9.17) is 14.5 Å². The summed E-state index contributed by atoms with van der Waals surface area (Å²) < 4.78 is 10.9. The maximum absolute atomic E-state index is 8.49. The van der Waals surface area contributed by atoms with Gasteiger partial charge in [-0.15, -0.1) is 0 Å². The fourth-order valence-electron chi connectivity index (χ4n) is 2.11. The number of morpholine rings is 1. The van der Waals surface area contributed by atoms with Crippen LogP contribution in [-0.2, 0) is 11.2 Å². The molecule has 2 rings (SSSR count). The van der Waals surface area contributed by atoms with Crippen LogP contribution in [0, 0.1) is 11.3 Å². The Bertz CT molecular complexity index is 438. The van der Waals surface area contributed by atoms with Crippen molar-refractivity contribution in [1.29, 1.82) is 5.26 Å². The third-order valence-electron chi connectivity index (χ3n) is 3.28. The molecule has 1 aromatic heterocycles. The summed E-state index contributed by atoms with van der Waals surface area (Å²) >= 11 is 0. The fraction of sp³-hybridized carbons (Fsp3) is 0.769. The summed E-state index contributed by atoms with van der Waals surface area (Å²) in [5.74, 6) is 1.22. The summed E-state index contributed by atoms with van der Waals surface area (Å²) in [5, 5.41) is 12.5. The standard InChI is InChI=1S/C13H20N4O2/c1-10(2)17-7-8-18-11(9-17)13-15-12(19-16-13)5-3-4-6-14/h10-11H,3-5,7-9H2,1-2H3. The van der Waals surface area contributed by atoms with Crippen LogP contribution in [0.15, 0.2) is 4.52 Å². The molecule has 0 radical (unpaired) electrons. The highest BCUT2D eigenvalue weighted by Crippen LogP contribution is 2.21. The van der Waals surface area contributed by atoms with E-state index < -0.39 is 0 Å². The Morgan fingerprint density at radius 2 is 2.37 bits per heavy atom. The molecular formula is C13H20N4O2. The first-order valence-corrected chi connectivity index (χ1v) is 6.75. The van der Waals surface area contributed by atoms with Gasteiger partial charge in [0.25, 0.3) is 0 Å². The lowest BCUT2D eigenvalue weighted by Gasteiger charge is -2.34. The number of hydrogen-bond acceptors (Lipinski definition) is 6. The molecule has 0 N–H and O–H groups in total. The molecule has 1 aliphatic heterocycles. The van der Waals surface area contributed by atoms with Gasteiger partial charge in [-0.25, -0.2) is 0 Å². The first kappa shape index (κ1) is 14.0. The van der Waals surface area contributed by atoms with Crippen LogP contribution in [0.3, 0.4) is 0 Å². The zero-order chi connectivity index (χ0) is 13.7. The second-order valence-electron chi connectivity index (χ2n) is 5.01. The molecule has 19 heavy (non-hydrogen) atoms. The monoisotopic (exact) mass is 264 g/mol. The van der Waals surface area contributed by atoms with Gasteiger partial charge in [0.1, 0.15) is 6.10 Å². The van der Waals surface area contributed by atoms with Crippen molar-refractivity contribution in [3.63, 3.8) is 0 Å². The topological polar surface area (TPSA) is 75.2 Å². The van der Waals surface area contributed by atoms with Gasteiger partial charge in [0.2, 0.25) is 11.7 Å².